The van der Waals surface area contributed by atoms with Crippen LogP contribution in [0.4, 0.5) is 0 Å². The molecule has 0 fully saturated rings. The first-order valence-corrected chi connectivity index (χ1v) is 0. The second-order valence-corrected chi connectivity index (χ2v) is 0. The van der Waals surface area contributed by atoms with Gasteiger partial charge < -0.3 is 0 Å². The van der Waals surface area contributed by atoms with Gasteiger partial charge in [-0.05, 0) is 0 Å². The molecule has 0 bridgehead atoms. The summed E-state index contributed by atoms with van der Waals surface area (Å²) >= 11 is 0. The molecule has 0 amide bonds. The van der Waals surface area contributed by atoms with Gasteiger partial charge in [-0.3, -0.25) is 0 Å². The number of hydrogen-bond donors (Lipinski definition) is 0. The van der Waals surface area contributed by atoms with Gasteiger partial charge in [0, 0.05) is 120 Å². The van der Waals surface area contributed by atoms with Crippen LogP contribution in [-0.4, -0.2) is 0 Å². The molecule has 0 aliphatic carbocycles. The first-order valence-electron chi connectivity index (χ1n) is 0. The summed E-state index contributed by atoms with van der Waals surface area (Å²) in [4.78, 5) is 0. The van der Waals surface area contributed by atoms with Crippen LogP contribution in [0.25, 0.3) is 0 Å². The largest absolute Gasteiger partial charge is 0 e. The van der Waals surface area contributed by atoms with Crippen molar-refractivity contribution in [2.24, 2.45) is 0 Å². The maximum absolute atomic E-state index is 0. The summed E-state index contributed by atoms with van der Waals surface area (Å²) in [6.45, 7) is 0. The van der Waals surface area contributed by atoms with Gasteiger partial charge in [-0.15, -0.1) is 0 Å². The summed E-state index contributed by atoms with van der Waals surface area (Å²) in [5, 5.41) is 0. The van der Waals surface area contributed by atoms with Crippen LogP contribution in [0.2, 0.25) is 0 Å². The van der Waals surface area contributed by atoms with Crippen LogP contribution in [0.5, 0.6) is 0 Å². The summed E-state index contributed by atoms with van der Waals surface area (Å²) in [5.74, 6) is 0. The van der Waals surface area contributed by atoms with Crippen molar-refractivity contribution < 1.29 is 120 Å². The second-order valence-electron chi connectivity index (χ2n) is 0. The Kier molecular flexibility index (Phi) is 321. The monoisotopic (exact) mass is 1220 g/mol. The summed E-state index contributed by atoms with van der Waals surface area (Å²) in [6.07, 6.45) is 0. The minimum Gasteiger partial charge on any atom is 0 e. The molecule has 0 spiro atoms. The molecule has 0 aromatic heterocycles. The predicted octanol–water partition coefficient (Wildman–Crippen LogP) is -0.0125. The Morgan fingerprint density at radius 1 is 0.333 bits per heavy atom. The van der Waals surface area contributed by atoms with Crippen molar-refractivity contribution in [1.82, 2.24) is 0 Å². The van der Waals surface area contributed by atoms with Crippen molar-refractivity contribution >= 4 is 0 Å². The van der Waals surface area contributed by atoms with Crippen LogP contribution in [0.15, 0.2) is 0 Å². The molecule has 0 saturated heterocycles. The molecule has 0 heterocycles. The van der Waals surface area contributed by atoms with Gasteiger partial charge in [-0.25, -0.2) is 0 Å². The van der Waals surface area contributed by atoms with Crippen molar-refractivity contribution in [2.45, 2.75) is 0 Å². The fourth-order valence-corrected chi connectivity index (χ4v) is 0. The molecule has 57 valence electrons. The van der Waals surface area contributed by atoms with E-state index >= 15 is 0 Å². The van der Waals surface area contributed by atoms with Gasteiger partial charge >= 0.3 is 0 Å². The first-order chi connectivity index (χ1) is 0. The third-order valence-corrected chi connectivity index (χ3v) is 0. The molecule has 0 aliphatic rings. The topological polar surface area (TPSA) is 0 Å². The summed E-state index contributed by atoms with van der Waals surface area (Å²) in [5.41, 5.74) is 0. The van der Waals surface area contributed by atoms with Crippen LogP contribution in [0.3, 0.4) is 0 Å². The molecule has 0 atom stereocenters. The van der Waals surface area contributed by atoms with E-state index in [1.807, 2.05) is 0 Å². The van der Waals surface area contributed by atoms with Crippen LogP contribution in [0.1, 0.15) is 0 Å². The van der Waals surface area contributed by atoms with Gasteiger partial charge in [-0.1, -0.05) is 0 Å². The van der Waals surface area contributed by atoms with Crippen LogP contribution in [-0.2, 0) is 105 Å². The molecule has 6 heteroatoms. The molecule has 6 heavy (non-hydrogen) atoms. The van der Waals surface area contributed by atoms with E-state index in [9.17, 15) is 0 Å². The molecular formula is AmPt5. The minimum atomic E-state index is 0. The zero-order chi connectivity index (χ0) is 0. The number of rotatable bonds is 0. The van der Waals surface area contributed by atoms with E-state index in [2.05, 4.69) is 0 Å². The van der Waals surface area contributed by atoms with Gasteiger partial charge in [0.2, 0.25) is 0 Å². The Balaban J connectivity index is 0. The fraction of sp³-hybridized carbons (Fsp3) is 0. The molecule has 0 unspecified atom stereocenters. The molecule has 0 N–H and O–H groups in total. The average Bonchev–Trinajstić information content (AvgIpc) is 0. The Bertz CT molecular complexity index is 3.90. The zero-order valence-corrected chi connectivity index (χ0v) is 16.5. The molecule has 0 rings (SSSR count). The summed E-state index contributed by atoms with van der Waals surface area (Å²) in [6, 6.07) is 0. The molecule has 0 saturated carbocycles. The molecule has 1 radical (unpaired) electrons. The van der Waals surface area contributed by atoms with Gasteiger partial charge in [0.1, 0.15) is 0 Å². The summed E-state index contributed by atoms with van der Waals surface area (Å²) < 4.78 is 0. The maximum Gasteiger partial charge on any atom is 0 e. The van der Waals surface area contributed by atoms with E-state index in [0.717, 1.165) is 0 Å². The zero-order valence-electron chi connectivity index (χ0n) is 1.96. The quantitative estimate of drug-likeness (QED) is 0.321. The van der Waals surface area contributed by atoms with E-state index in [1.54, 1.807) is 0 Å². The van der Waals surface area contributed by atoms with E-state index < -0.39 is 0 Å². The van der Waals surface area contributed by atoms with Crippen molar-refractivity contribution in [3.8, 4) is 0 Å². The van der Waals surface area contributed by atoms with Crippen molar-refractivity contribution in [1.29, 1.82) is 0 Å². The van der Waals surface area contributed by atoms with E-state index in [1.165, 1.54) is 0 Å². The van der Waals surface area contributed by atoms with Gasteiger partial charge in [0.05, 0.1) is 0 Å². The number of hydrogen-bond acceptors (Lipinski definition) is 0. The average molecular weight is 1220 g/mol. The van der Waals surface area contributed by atoms with E-state index in [-0.39, 0.29) is 120 Å². The molecule has 0 aliphatic heterocycles. The van der Waals surface area contributed by atoms with Gasteiger partial charge in [0.25, 0.3) is 0 Å². The standard InChI is InChI=1S/Am.5Pt. The Morgan fingerprint density at radius 3 is 0.333 bits per heavy atom. The first kappa shape index (κ1) is 52.2. The normalized spacial score (nSPS) is 0. The van der Waals surface area contributed by atoms with Crippen LogP contribution in [0, 0.1) is 14.3 Å². The van der Waals surface area contributed by atoms with Crippen molar-refractivity contribution in [3.63, 3.8) is 0 Å². The Labute approximate surface area is 117 Å². The van der Waals surface area contributed by atoms with Gasteiger partial charge in [0.15, 0.2) is 0 Å². The van der Waals surface area contributed by atoms with Crippen molar-refractivity contribution in [2.75, 3.05) is 0 Å². The SMILES string of the molecule is [Am].[Pt].[Pt].[Pt].[Pt].[Pt]. The molecule has 0 aromatic rings. The van der Waals surface area contributed by atoms with E-state index in [4.69, 9.17) is 0 Å². The molecule has 0 aromatic carbocycles. The van der Waals surface area contributed by atoms with Crippen LogP contribution >= 0.6 is 0 Å². The smallest absolute Gasteiger partial charge is 0 e. The molecule has 0 nitrogen and oxygen atoms in total. The predicted molar refractivity (Wildman–Crippen MR) is 0 cm³/mol. The molecular weight excluding hydrogens is 1220 g/mol. The maximum atomic E-state index is 0. The Morgan fingerprint density at radius 2 is 0.333 bits per heavy atom. The Hall–Kier alpha value is 3.83. The van der Waals surface area contributed by atoms with E-state index in [0.29, 0.717) is 0 Å². The van der Waals surface area contributed by atoms with Crippen molar-refractivity contribution in [3.05, 3.63) is 0 Å². The summed E-state index contributed by atoms with van der Waals surface area (Å²) in [7, 11) is 0. The second kappa shape index (κ2) is 36.9. The third kappa shape index (κ3) is 24.9. The minimum absolute atomic E-state index is 0. The van der Waals surface area contributed by atoms with Crippen LogP contribution < -0.4 is 0 Å². The third-order valence-electron chi connectivity index (χ3n) is 0. The fourth-order valence-electron chi connectivity index (χ4n) is 0. The van der Waals surface area contributed by atoms with Gasteiger partial charge in [-0.2, -0.15) is 0 Å².